The van der Waals surface area contributed by atoms with E-state index in [9.17, 15) is 0 Å². The van der Waals surface area contributed by atoms with Crippen molar-refractivity contribution in [1.82, 2.24) is 10.3 Å². The van der Waals surface area contributed by atoms with Crippen molar-refractivity contribution in [3.05, 3.63) is 44.9 Å². The molecule has 0 saturated carbocycles. The molecule has 0 fully saturated rings. The van der Waals surface area contributed by atoms with E-state index in [4.69, 9.17) is 11.6 Å². The van der Waals surface area contributed by atoms with Gasteiger partial charge in [0.05, 0.1) is 6.54 Å². The van der Waals surface area contributed by atoms with Gasteiger partial charge in [-0.3, -0.25) is 0 Å². The highest BCUT2D eigenvalue weighted by Gasteiger charge is 2.08. The van der Waals surface area contributed by atoms with E-state index >= 15 is 0 Å². The highest BCUT2D eigenvalue weighted by atomic mass is 35.5. The summed E-state index contributed by atoms with van der Waals surface area (Å²) in [5, 5.41) is 6.80. The number of thiazole rings is 1. The Balaban J connectivity index is 1.69. The zero-order valence-corrected chi connectivity index (χ0v) is 11.4. The Morgan fingerprint density at radius 3 is 3.17 bits per heavy atom. The van der Waals surface area contributed by atoms with E-state index in [2.05, 4.69) is 33.8 Å². The van der Waals surface area contributed by atoms with Gasteiger partial charge in [-0.2, -0.15) is 0 Å². The zero-order chi connectivity index (χ0) is 12.4. The average Bonchev–Trinajstić information content (AvgIpc) is 2.82. The van der Waals surface area contributed by atoms with Gasteiger partial charge in [-0.15, -0.1) is 11.3 Å². The maximum atomic E-state index is 5.81. The Kier molecular flexibility index (Phi) is 3.50. The fourth-order valence-electron chi connectivity index (χ4n) is 2.14. The molecule has 0 spiro atoms. The van der Waals surface area contributed by atoms with Crippen LogP contribution < -0.4 is 10.6 Å². The lowest BCUT2D eigenvalue weighted by molar-refractivity contribution is 0.644. The lowest BCUT2D eigenvalue weighted by Gasteiger charge is -2.18. The molecule has 2 N–H and O–H groups in total. The molecule has 0 unspecified atom stereocenters. The Morgan fingerprint density at radius 1 is 1.39 bits per heavy atom. The van der Waals surface area contributed by atoms with E-state index in [-0.39, 0.29) is 0 Å². The SMILES string of the molecule is Clc1ncc(CNc2ccc3c(c2)CCNC3)s1. The normalized spacial score (nSPS) is 14.3. The van der Waals surface area contributed by atoms with Crippen LogP contribution in [0, 0.1) is 0 Å². The fourth-order valence-corrected chi connectivity index (χ4v) is 3.06. The molecule has 5 heteroatoms. The summed E-state index contributed by atoms with van der Waals surface area (Å²) in [5.41, 5.74) is 4.02. The molecule has 1 aromatic carbocycles. The smallest absolute Gasteiger partial charge is 0.183 e. The monoisotopic (exact) mass is 279 g/mol. The van der Waals surface area contributed by atoms with Crippen molar-refractivity contribution in [3.63, 3.8) is 0 Å². The lowest BCUT2D eigenvalue weighted by Crippen LogP contribution is -2.23. The van der Waals surface area contributed by atoms with E-state index in [1.54, 1.807) is 0 Å². The molecular weight excluding hydrogens is 266 g/mol. The van der Waals surface area contributed by atoms with Crippen LogP contribution in [0.2, 0.25) is 4.47 Å². The van der Waals surface area contributed by atoms with Crippen LogP contribution >= 0.6 is 22.9 Å². The third kappa shape index (κ3) is 2.66. The summed E-state index contributed by atoms with van der Waals surface area (Å²) in [7, 11) is 0. The topological polar surface area (TPSA) is 37.0 Å². The standard InChI is InChI=1S/C13H14ClN3S/c14-13-17-8-12(18-13)7-16-11-2-1-10-6-15-4-3-9(10)5-11/h1-2,5,8,15-16H,3-4,6-7H2. The highest BCUT2D eigenvalue weighted by molar-refractivity contribution is 7.15. The van der Waals surface area contributed by atoms with Crippen LogP contribution in [0.15, 0.2) is 24.4 Å². The number of halogens is 1. The van der Waals surface area contributed by atoms with E-state index in [0.29, 0.717) is 4.47 Å². The molecule has 1 aliphatic rings. The second-order valence-electron chi connectivity index (χ2n) is 4.34. The van der Waals surface area contributed by atoms with Gasteiger partial charge in [0.1, 0.15) is 0 Å². The van der Waals surface area contributed by atoms with Crippen LogP contribution in [0.4, 0.5) is 5.69 Å². The molecule has 2 heterocycles. The van der Waals surface area contributed by atoms with Gasteiger partial charge in [-0.1, -0.05) is 17.7 Å². The molecular formula is C13H14ClN3S. The van der Waals surface area contributed by atoms with Gasteiger partial charge in [0, 0.05) is 23.3 Å². The predicted octanol–water partition coefficient (Wildman–Crippen LogP) is 3.05. The summed E-state index contributed by atoms with van der Waals surface area (Å²) in [6, 6.07) is 6.58. The van der Waals surface area contributed by atoms with Crippen LogP contribution in [0.1, 0.15) is 16.0 Å². The van der Waals surface area contributed by atoms with E-state index in [0.717, 1.165) is 30.9 Å². The molecule has 0 atom stereocenters. The Morgan fingerprint density at radius 2 is 2.33 bits per heavy atom. The average molecular weight is 280 g/mol. The molecule has 18 heavy (non-hydrogen) atoms. The van der Waals surface area contributed by atoms with Gasteiger partial charge < -0.3 is 10.6 Å². The fraction of sp³-hybridized carbons (Fsp3) is 0.308. The molecule has 2 aromatic rings. The van der Waals surface area contributed by atoms with Gasteiger partial charge in [0.15, 0.2) is 4.47 Å². The third-order valence-corrected chi connectivity index (χ3v) is 4.20. The lowest BCUT2D eigenvalue weighted by atomic mass is 10.0. The first kappa shape index (κ1) is 12.0. The summed E-state index contributed by atoms with van der Waals surface area (Å²) in [6.45, 7) is 2.84. The summed E-state index contributed by atoms with van der Waals surface area (Å²) in [6.07, 6.45) is 2.93. The summed E-state index contributed by atoms with van der Waals surface area (Å²) in [5.74, 6) is 0. The largest absolute Gasteiger partial charge is 0.380 e. The molecule has 0 aliphatic carbocycles. The minimum atomic E-state index is 0.600. The molecule has 0 amide bonds. The number of hydrogen-bond acceptors (Lipinski definition) is 4. The first-order valence-corrected chi connectivity index (χ1v) is 7.17. The van der Waals surface area contributed by atoms with Gasteiger partial charge in [0.2, 0.25) is 0 Å². The predicted molar refractivity (Wildman–Crippen MR) is 76.3 cm³/mol. The zero-order valence-electron chi connectivity index (χ0n) is 9.87. The van der Waals surface area contributed by atoms with E-state index in [1.165, 1.54) is 28.2 Å². The maximum absolute atomic E-state index is 5.81. The quantitative estimate of drug-likeness (QED) is 0.907. The molecule has 3 nitrogen and oxygen atoms in total. The molecule has 0 saturated heterocycles. The van der Waals surface area contributed by atoms with Gasteiger partial charge >= 0.3 is 0 Å². The summed E-state index contributed by atoms with van der Waals surface area (Å²) >= 11 is 7.33. The highest BCUT2D eigenvalue weighted by Crippen LogP contribution is 2.21. The molecule has 0 bridgehead atoms. The summed E-state index contributed by atoms with van der Waals surface area (Å²) in [4.78, 5) is 5.19. The van der Waals surface area contributed by atoms with Gasteiger partial charge in [-0.25, -0.2) is 4.98 Å². The third-order valence-electron chi connectivity index (χ3n) is 3.08. The van der Waals surface area contributed by atoms with E-state index in [1.807, 2.05) is 6.20 Å². The van der Waals surface area contributed by atoms with Crippen molar-refractivity contribution >= 4 is 28.6 Å². The summed E-state index contributed by atoms with van der Waals surface area (Å²) < 4.78 is 0.600. The van der Waals surface area contributed by atoms with Gasteiger partial charge in [-0.05, 0) is 36.2 Å². The molecule has 3 rings (SSSR count). The van der Waals surface area contributed by atoms with Crippen LogP contribution in [0.25, 0.3) is 0 Å². The second-order valence-corrected chi connectivity index (χ2v) is 6.04. The first-order valence-electron chi connectivity index (χ1n) is 5.98. The molecule has 1 aliphatic heterocycles. The van der Waals surface area contributed by atoms with Gasteiger partial charge in [0.25, 0.3) is 0 Å². The Labute approximate surface area is 115 Å². The minimum absolute atomic E-state index is 0.600. The van der Waals surface area contributed by atoms with Crippen LogP contribution in [-0.4, -0.2) is 11.5 Å². The Bertz CT molecular complexity index is 553. The van der Waals surface area contributed by atoms with Crippen LogP contribution in [-0.2, 0) is 19.5 Å². The van der Waals surface area contributed by atoms with E-state index < -0.39 is 0 Å². The molecule has 0 radical (unpaired) electrons. The maximum Gasteiger partial charge on any atom is 0.183 e. The number of hydrogen-bond donors (Lipinski definition) is 2. The Hall–Kier alpha value is -1.10. The number of nitrogens with zero attached hydrogens (tertiary/aromatic N) is 1. The number of rotatable bonds is 3. The number of aromatic nitrogens is 1. The second kappa shape index (κ2) is 5.26. The van der Waals surface area contributed by atoms with Crippen molar-refractivity contribution in [3.8, 4) is 0 Å². The van der Waals surface area contributed by atoms with Crippen LogP contribution in [0.5, 0.6) is 0 Å². The number of fused-ring (bicyclic) bond motifs is 1. The van der Waals surface area contributed by atoms with Crippen molar-refractivity contribution in [2.24, 2.45) is 0 Å². The number of benzene rings is 1. The number of anilines is 1. The first-order chi connectivity index (χ1) is 8.81. The minimum Gasteiger partial charge on any atom is -0.380 e. The van der Waals surface area contributed by atoms with Crippen molar-refractivity contribution in [2.75, 3.05) is 11.9 Å². The number of nitrogens with one attached hydrogen (secondary N) is 2. The van der Waals surface area contributed by atoms with Crippen molar-refractivity contribution < 1.29 is 0 Å². The van der Waals surface area contributed by atoms with Crippen LogP contribution in [0.3, 0.4) is 0 Å². The van der Waals surface area contributed by atoms with Crippen molar-refractivity contribution in [1.29, 1.82) is 0 Å². The molecule has 1 aromatic heterocycles. The molecule has 94 valence electrons. The van der Waals surface area contributed by atoms with Crippen molar-refractivity contribution in [2.45, 2.75) is 19.5 Å².